The van der Waals surface area contributed by atoms with Crippen molar-refractivity contribution in [2.75, 3.05) is 13.2 Å². The number of hydrogen-bond donors (Lipinski definition) is 1. The van der Waals surface area contributed by atoms with Gasteiger partial charge in [0.15, 0.2) is 0 Å². The van der Waals surface area contributed by atoms with Gasteiger partial charge in [0.1, 0.15) is 10.7 Å². The lowest BCUT2D eigenvalue weighted by molar-refractivity contribution is 0.275. The molecule has 0 heterocycles. The molecular formula is C14H20FNO3S. The number of unbranched alkanes of at least 4 members (excludes halogenated alkanes) is 1. The average Bonchev–Trinajstić information content (AvgIpc) is 3.18. The van der Waals surface area contributed by atoms with E-state index in [4.69, 9.17) is 5.11 Å². The monoisotopic (exact) mass is 301 g/mol. The third-order valence-electron chi connectivity index (χ3n) is 3.41. The first kappa shape index (κ1) is 15.4. The molecule has 0 amide bonds. The fourth-order valence-electron chi connectivity index (χ4n) is 2.18. The van der Waals surface area contributed by atoms with Gasteiger partial charge in [-0.1, -0.05) is 6.07 Å². The standard InChI is InChI=1S/C14H20FNO3S/c1-11-4-7-14(13(15)10-11)20(18,19)16(12-5-6-12)8-2-3-9-17/h4,7,10,12,17H,2-3,5-6,8-9H2,1H3. The van der Waals surface area contributed by atoms with Crippen molar-refractivity contribution in [1.29, 1.82) is 0 Å². The summed E-state index contributed by atoms with van der Waals surface area (Å²) in [6.07, 6.45) is 2.78. The largest absolute Gasteiger partial charge is 0.396 e. The maximum atomic E-state index is 13.9. The maximum absolute atomic E-state index is 13.9. The zero-order valence-electron chi connectivity index (χ0n) is 11.5. The Morgan fingerprint density at radius 3 is 2.60 bits per heavy atom. The van der Waals surface area contributed by atoms with E-state index in [1.54, 1.807) is 13.0 Å². The second-order valence-electron chi connectivity index (χ2n) is 5.21. The van der Waals surface area contributed by atoms with Gasteiger partial charge >= 0.3 is 0 Å². The van der Waals surface area contributed by atoms with Gasteiger partial charge in [-0.2, -0.15) is 4.31 Å². The first-order chi connectivity index (χ1) is 9.46. The van der Waals surface area contributed by atoms with Crippen LogP contribution in [0.2, 0.25) is 0 Å². The van der Waals surface area contributed by atoms with Crippen LogP contribution in [0.5, 0.6) is 0 Å². The van der Waals surface area contributed by atoms with Gasteiger partial charge in [-0.05, 0) is 50.3 Å². The lowest BCUT2D eigenvalue weighted by Gasteiger charge is -2.22. The lowest BCUT2D eigenvalue weighted by atomic mass is 10.2. The van der Waals surface area contributed by atoms with Gasteiger partial charge in [-0.15, -0.1) is 0 Å². The molecule has 1 aromatic carbocycles. The number of nitrogens with zero attached hydrogens (tertiary/aromatic N) is 1. The number of aliphatic hydroxyl groups excluding tert-OH is 1. The van der Waals surface area contributed by atoms with Gasteiger partial charge in [0.25, 0.3) is 0 Å². The number of benzene rings is 1. The van der Waals surface area contributed by atoms with Crippen LogP contribution in [0, 0.1) is 12.7 Å². The van der Waals surface area contributed by atoms with Crippen molar-refractivity contribution in [3.05, 3.63) is 29.6 Å². The maximum Gasteiger partial charge on any atom is 0.246 e. The van der Waals surface area contributed by atoms with E-state index in [-0.39, 0.29) is 17.5 Å². The molecule has 0 spiro atoms. The van der Waals surface area contributed by atoms with E-state index in [0.717, 1.165) is 12.8 Å². The van der Waals surface area contributed by atoms with E-state index in [0.29, 0.717) is 24.9 Å². The van der Waals surface area contributed by atoms with Crippen LogP contribution >= 0.6 is 0 Å². The second-order valence-corrected chi connectivity index (χ2v) is 7.07. The second kappa shape index (κ2) is 6.20. The van der Waals surface area contributed by atoms with Crippen molar-refractivity contribution in [1.82, 2.24) is 4.31 Å². The van der Waals surface area contributed by atoms with Crippen LogP contribution in [0.1, 0.15) is 31.2 Å². The van der Waals surface area contributed by atoms with E-state index in [2.05, 4.69) is 0 Å². The SMILES string of the molecule is Cc1ccc(S(=O)(=O)N(CCCCO)C2CC2)c(F)c1. The number of hydrogen-bond acceptors (Lipinski definition) is 3. The summed E-state index contributed by atoms with van der Waals surface area (Å²) in [6, 6.07) is 4.17. The third kappa shape index (κ3) is 3.37. The van der Waals surface area contributed by atoms with E-state index >= 15 is 0 Å². The van der Waals surface area contributed by atoms with Gasteiger partial charge in [-0.25, -0.2) is 12.8 Å². The zero-order chi connectivity index (χ0) is 14.8. The van der Waals surface area contributed by atoms with Gasteiger partial charge in [-0.3, -0.25) is 0 Å². The smallest absolute Gasteiger partial charge is 0.246 e. The summed E-state index contributed by atoms with van der Waals surface area (Å²) in [4.78, 5) is -0.251. The van der Waals surface area contributed by atoms with E-state index in [9.17, 15) is 12.8 Å². The predicted octanol–water partition coefficient (Wildman–Crippen LogP) is 2.06. The highest BCUT2D eigenvalue weighted by Crippen LogP contribution is 2.33. The Kier molecular flexibility index (Phi) is 4.78. The Morgan fingerprint density at radius 2 is 2.05 bits per heavy atom. The zero-order valence-corrected chi connectivity index (χ0v) is 12.4. The van der Waals surface area contributed by atoms with Crippen LogP contribution in [0.4, 0.5) is 4.39 Å². The summed E-state index contributed by atoms with van der Waals surface area (Å²) >= 11 is 0. The van der Waals surface area contributed by atoms with Crippen molar-refractivity contribution >= 4 is 10.0 Å². The van der Waals surface area contributed by atoms with E-state index in [1.165, 1.54) is 16.4 Å². The molecule has 1 aliphatic rings. The highest BCUT2D eigenvalue weighted by Gasteiger charge is 2.38. The molecule has 1 saturated carbocycles. The van der Waals surface area contributed by atoms with Crippen LogP contribution in [0.3, 0.4) is 0 Å². The van der Waals surface area contributed by atoms with Crippen molar-refractivity contribution < 1.29 is 17.9 Å². The number of aliphatic hydroxyl groups is 1. The average molecular weight is 301 g/mol. The Morgan fingerprint density at radius 1 is 1.35 bits per heavy atom. The number of halogens is 1. The van der Waals surface area contributed by atoms with Crippen molar-refractivity contribution in [3.8, 4) is 0 Å². The number of rotatable bonds is 7. The van der Waals surface area contributed by atoms with Crippen LogP contribution in [0.15, 0.2) is 23.1 Å². The van der Waals surface area contributed by atoms with Gasteiger partial charge in [0.05, 0.1) is 0 Å². The molecule has 0 radical (unpaired) electrons. The van der Waals surface area contributed by atoms with Crippen LogP contribution in [0.25, 0.3) is 0 Å². The Labute approximate surface area is 119 Å². The molecular weight excluding hydrogens is 281 g/mol. The molecule has 0 unspecified atom stereocenters. The minimum atomic E-state index is -3.79. The Bertz CT molecular complexity index is 570. The Hall–Kier alpha value is -0.980. The summed E-state index contributed by atoms with van der Waals surface area (Å²) in [6.45, 7) is 2.09. The summed E-state index contributed by atoms with van der Waals surface area (Å²) in [7, 11) is -3.79. The summed E-state index contributed by atoms with van der Waals surface area (Å²) in [5, 5.41) is 8.80. The number of aryl methyl sites for hydroxylation is 1. The molecule has 20 heavy (non-hydrogen) atoms. The first-order valence-electron chi connectivity index (χ1n) is 6.85. The molecule has 1 fully saturated rings. The number of sulfonamides is 1. The molecule has 4 nitrogen and oxygen atoms in total. The summed E-state index contributed by atoms with van der Waals surface area (Å²) in [5.74, 6) is -0.696. The molecule has 1 aromatic rings. The predicted molar refractivity (Wildman–Crippen MR) is 74.4 cm³/mol. The summed E-state index contributed by atoms with van der Waals surface area (Å²) in [5.41, 5.74) is 0.694. The van der Waals surface area contributed by atoms with Crippen molar-refractivity contribution in [2.24, 2.45) is 0 Å². The molecule has 112 valence electrons. The fraction of sp³-hybridized carbons (Fsp3) is 0.571. The minimum Gasteiger partial charge on any atom is -0.396 e. The highest BCUT2D eigenvalue weighted by atomic mass is 32.2. The molecule has 2 rings (SSSR count). The van der Waals surface area contributed by atoms with Crippen LogP contribution in [-0.2, 0) is 10.0 Å². The molecule has 0 bridgehead atoms. The first-order valence-corrected chi connectivity index (χ1v) is 8.29. The molecule has 0 aliphatic heterocycles. The van der Waals surface area contributed by atoms with Gasteiger partial charge in [0.2, 0.25) is 10.0 Å². The fourth-order valence-corrected chi connectivity index (χ4v) is 3.95. The minimum absolute atomic E-state index is 0.0144. The Balaban J connectivity index is 2.25. The lowest BCUT2D eigenvalue weighted by Crippen LogP contribution is -2.34. The molecule has 0 saturated heterocycles. The van der Waals surface area contributed by atoms with Crippen molar-refractivity contribution in [3.63, 3.8) is 0 Å². The molecule has 1 N–H and O–H groups in total. The molecule has 0 aromatic heterocycles. The molecule has 1 aliphatic carbocycles. The van der Waals surface area contributed by atoms with Crippen molar-refractivity contribution in [2.45, 2.75) is 43.5 Å². The van der Waals surface area contributed by atoms with Gasteiger partial charge < -0.3 is 5.11 Å². The molecule has 6 heteroatoms. The summed E-state index contributed by atoms with van der Waals surface area (Å²) < 4.78 is 40.4. The van der Waals surface area contributed by atoms with Crippen LogP contribution < -0.4 is 0 Å². The normalized spacial score (nSPS) is 15.8. The van der Waals surface area contributed by atoms with E-state index in [1.807, 2.05) is 0 Å². The van der Waals surface area contributed by atoms with Gasteiger partial charge in [0, 0.05) is 19.2 Å². The quantitative estimate of drug-likeness (QED) is 0.784. The third-order valence-corrected chi connectivity index (χ3v) is 5.40. The van der Waals surface area contributed by atoms with Crippen LogP contribution in [-0.4, -0.2) is 37.0 Å². The highest BCUT2D eigenvalue weighted by molar-refractivity contribution is 7.89. The van der Waals surface area contributed by atoms with E-state index < -0.39 is 15.8 Å². The molecule has 0 atom stereocenters. The topological polar surface area (TPSA) is 57.6 Å².